The average molecular weight is 244 g/mol. The predicted molar refractivity (Wildman–Crippen MR) is 74.5 cm³/mol. The highest BCUT2D eigenvalue weighted by molar-refractivity contribution is 5.89. The molecular formula is C15H20N2O. The Morgan fingerprint density at radius 3 is 2.78 bits per heavy atom. The first-order valence-corrected chi connectivity index (χ1v) is 6.37. The van der Waals surface area contributed by atoms with E-state index in [1.165, 1.54) is 10.9 Å². The Hall–Kier alpha value is -1.77. The second-order valence-electron chi connectivity index (χ2n) is 5.16. The Labute approximate surface area is 108 Å². The van der Waals surface area contributed by atoms with Crippen molar-refractivity contribution in [2.75, 3.05) is 6.54 Å². The lowest BCUT2D eigenvalue weighted by atomic mass is 10.1. The van der Waals surface area contributed by atoms with Gasteiger partial charge in [0.2, 0.25) is 5.91 Å². The molecule has 0 radical (unpaired) electrons. The number of nitrogens with zero attached hydrogens (tertiary/aromatic N) is 1. The molecule has 1 aromatic carbocycles. The molecule has 96 valence electrons. The molecule has 3 nitrogen and oxygen atoms in total. The molecule has 1 N–H and O–H groups in total. The van der Waals surface area contributed by atoms with E-state index >= 15 is 0 Å². The molecule has 1 aromatic heterocycles. The molecule has 0 bridgehead atoms. The molecule has 0 aliphatic rings. The highest BCUT2D eigenvalue weighted by Crippen LogP contribution is 2.20. The van der Waals surface area contributed by atoms with Gasteiger partial charge in [-0.15, -0.1) is 0 Å². The molecule has 2 aromatic rings. The van der Waals surface area contributed by atoms with Gasteiger partial charge in [0.1, 0.15) is 0 Å². The lowest BCUT2D eigenvalue weighted by molar-refractivity contribution is -0.120. The van der Waals surface area contributed by atoms with Gasteiger partial charge >= 0.3 is 0 Å². The van der Waals surface area contributed by atoms with Crippen molar-refractivity contribution in [3.8, 4) is 0 Å². The van der Waals surface area contributed by atoms with E-state index < -0.39 is 0 Å². The minimum absolute atomic E-state index is 0.0973. The molecule has 0 saturated carbocycles. The number of benzene rings is 1. The van der Waals surface area contributed by atoms with Crippen LogP contribution in [0.4, 0.5) is 0 Å². The second-order valence-corrected chi connectivity index (χ2v) is 5.16. The van der Waals surface area contributed by atoms with Gasteiger partial charge in [0.15, 0.2) is 0 Å². The molecule has 1 amide bonds. The van der Waals surface area contributed by atoms with Crippen LogP contribution in [0.5, 0.6) is 0 Å². The first-order chi connectivity index (χ1) is 8.58. The van der Waals surface area contributed by atoms with Crippen molar-refractivity contribution in [2.45, 2.75) is 20.3 Å². The highest BCUT2D eigenvalue weighted by Gasteiger charge is 2.10. The number of fused-ring (bicyclic) bond motifs is 1. The van der Waals surface area contributed by atoms with Crippen molar-refractivity contribution in [2.24, 2.45) is 13.0 Å². The van der Waals surface area contributed by atoms with Crippen molar-refractivity contribution >= 4 is 16.8 Å². The van der Waals surface area contributed by atoms with Crippen molar-refractivity contribution in [3.63, 3.8) is 0 Å². The van der Waals surface area contributed by atoms with E-state index in [1.807, 2.05) is 25.4 Å². The average Bonchev–Trinajstić information content (AvgIpc) is 2.65. The van der Waals surface area contributed by atoms with E-state index in [2.05, 4.69) is 35.9 Å². The molecule has 0 fully saturated rings. The largest absolute Gasteiger partial charge is 0.356 e. The number of amides is 1. The third-order valence-electron chi connectivity index (χ3n) is 3.04. The van der Waals surface area contributed by atoms with Crippen molar-refractivity contribution in [1.29, 1.82) is 0 Å². The fourth-order valence-corrected chi connectivity index (χ4v) is 2.12. The van der Waals surface area contributed by atoms with Gasteiger partial charge in [-0.05, 0) is 17.5 Å². The quantitative estimate of drug-likeness (QED) is 0.881. The van der Waals surface area contributed by atoms with E-state index in [1.54, 1.807) is 0 Å². The molecule has 0 aliphatic heterocycles. The maximum Gasteiger partial charge on any atom is 0.224 e. The van der Waals surface area contributed by atoms with Crippen LogP contribution >= 0.6 is 0 Å². The molecule has 3 heteroatoms. The van der Waals surface area contributed by atoms with Crippen LogP contribution in [0.2, 0.25) is 0 Å². The van der Waals surface area contributed by atoms with Crippen LogP contribution in [-0.4, -0.2) is 17.0 Å². The van der Waals surface area contributed by atoms with E-state index in [-0.39, 0.29) is 5.91 Å². The number of aromatic nitrogens is 1. The Morgan fingerprint density at radius 2 is 2.06 bits per heavy atom. The van der Waals surface area contributed by atoms with Crippen molar-refractivity contribution < 1.29 is 4.79 Å². The normalized spacial score (nSPS) is 11.1. The van der Waals surface area contributed by atoms with E-state index in [4.69, 9.17) is 0 Å². The summed E-state index contributed by atoms with van der Waals surface area (Å²) in [5.74, 6) is 0.585. The molecule has 1 heterocycles. The van der Waals surface area contributed by atoms with Gasteiger partial charge in [-0.1, -0.05) is 32.0 Å². The lowest BCUT2D eigenvalue weighted by Gasteiger charge is -2.06. The lowest BCUT2D eigenvalue weighted by Crippen LogP contribution is -2.28. The van der Waals surface area contributed by atoms with Gasteiger partial charge in [-0.3, -0.25) is 4.79 Å². The van der Waals surface area contributed by atoms with Gasteiger partial charge in [0, 0.05) is 30.7 Å². The molecule has 2 rings (SSSR count). The Balaban J connectivity index is 2.14. The van der Waals surface area contributed by atoms with Crippen LogP contribution in [0, 0.1) is 5.92 Å². The fourth-order valence-electron chi connectivity index (χ4n) is 2.12. The summed E-state index contributed by atoms with van der Waals surface area (Å²) in [6, 6.07) is 8.17. The van der Waals surface area contributed by atoms with Gasteiger partial charge < -0.3 is 9.88 Å². The molecule has 0 aliphatic carbocycles. The predicted octanol–water partition coefficient (Wildman–Crippen LogP) is 2.49. The van der Waals surface area contributed by atoms with Crippen LogP contribution in [0.3, 0.4) is 0 Å². The first-order valence-electron chi connectivity index (χ1n) is 6.37. The second kappa shape index (κ2) is 5.25. The number of hydrogen-bond donors (Lipinski definition) is 1. The number of nitrogens with one attached hydrogen (secondary N) is 1. The summed E-state index contributed by atoms with van der Waals surface area (Å²) in [5.41, 5.74) is 2.26. The van der Waals surface area contributed by atoms with Crippen LogP contribution < -0.4 is 5.32 Å². The third-order valence-corrected chi connectivity index (χ3v) is 3.04. The summed E-state index contributed by atoms with van der Waals surface area (Å²) in [7, 11) is 2.01. The van der Waals surface area contributed by atoms with E-state index in [9.17, 15) is 4.79 Å². The number of aryl methyl sites for hydroxylation is 1. The SMILES string of the molecule is CC(C)CNC(=O)Cc1cn(C)c2ccccc12. The van der Waals surface area contributed by atoms with Gasteiger partial charge in [-0.25, -0.2) is 0 Å². The number of hydrogen-bond acceptors (Lipinski definition) is 1. The summed E-state index contributed by atoms with van der Waals surface area (Å²) >= 11 is 0. The number of para-hydroxylation sites is 1. The first kappa shape index (κ1) is 12.7. The standard InChI is InChI=1S/C15H20N2O/c1-11(2)9-16-15(18)8-12-10-17(3)14-7-5-4-6-13(12)14/h4-7,10-11H,8-9H2,1-3H3,(H,16,18). The Bertz CT molecular complexity index is 555. The van der Waals surface area contributed by atoms with Gasteiger partial charge in [-0.2, -0.15) is 0 Å². The van der Waals surface area contributed by atoms with Crippen molar-refractivity contribution in [3.05, 3.63) is 36.0 Å². The zero-order chi connectivity index (χ0) is 13.1. The fraction of sp³-hybridized carbons (Fsp3) is 0.400. The Kier molecular flexibility index (Phi) is 3.70. The highest BCUT2D eigenvalue weighted by atomic mass is 16.1. The van der Waals surface area contributed by atoms with E-state index in [0.29, 0.717) is 12.3 Å². The smallest absolute Gasteiger partial charge is 0.224 e. The van der Waals surface area contributed by atoms with Crippen LogP contribution in [0.15, 0.2) is 30.5 Å². The molecular weight excluding hydrogens is 224 g/mol. The maximum atomic E-state index is 11.8. The molecule has 0 atom stereocenters. The molecule has 0 spiro atoms. The number of rotatable bonds is 4. The van der Waals surface area contributed by atoms with Crippen LogP contribution in [0.1, 0.15) is 19.4 Å². The van der Waals surface area contributed by atoms with Crippen LogP contribution in [-0.2, 0) is 18.3 Å². The zero-order valence-corrected chi connectivity index (χ0v) is 11.2. The molecule has 18 heavy (non-hydrogen) atoms. The summed E-state index contributed by atoms with van der Waals surface area (Å²) in [6.45, 7) is 4.93. The van der Waals surface area contributed by atoms with Gasteiger partial charge in [0.25, 0.3) is 0 Å². The topological polar surface area (TPSA) is 34.0 Å². The van der Waals surface area contributed by atoms with Crippen LogP contribution in [0.25, 0.3) is 10.9 Å². The Morgan fingerprint density at radius 1 is 1.33 bits per heavy atom. The summed E-state index contributed by atoms with van der Waals surface area (Å²) in [6.07, 6.45) is 2.49. The van der Waals surface area contributed by atoms with Crippen molar-refractivity contribution in [1.82, 2.24) is 9.88 Å². The minimum Gasteiger partial charge on any atom is -0.356 e. The monoisotopic (exact) mass is 244 g/mol. The van der Waals surface area contributed by atoms with Gasteiger partial charge in [0.05, 0.1) is 6.42 Å². The number of carbonyl (C=O) groups is 1. The summed E-state index contributed by atoms with van der Waals surface area (Å²) in [4.78, 5) is 11.8. The maximum absolute atomic E-state index is 11.8. The molecule has 0 unspecified atom stereocenters. The third kappa shape index (κ3) is 2.73. The summed E-state index contributed by atoms with van der Waals surface area (Å²) in [5, 5.41) is 4.12. The van der Waals surface area contributed by atoms with E-state index in [0.717, 1.165) is 12.1 Å². The minimum atomic E-state index is 0.0973. The molecule has 0 saturated heterocycles. The number of carbonyl (C=O) groups excluding carboxylic acids is 1. The summed E-state index contributed by atoms with van der Waals surface area (Å²) < 4.78 is 2.07. The zero-order valence-electron chi connectivity index (χ0n) is 11.2.